The van der Waals surface area contributed by atoms with Gasteiger partial charge in [-0.25, -0.2) is 0 Å². The van der Waals surface area contributed by atoms with E-state index in [2.05, 4.69) is 11.4 Å². The summed E-state index contributed by atoms with van der Waals surface area (Å²) in [6.07, 6.45) is 1.86. The molecule has 2 aliphatic rings. The number of hydrogen-bond acceptors (Lipinski definition) is 5. The Balaban J connectivity index is 1.42. The second-order valence-electron chi connectivity index (χ2n) is 6.05. The van der Waals surface area contributed by atoms with Crippen LogP contribution in [-0.2, 0) is 17.6 Å². The van der Waals surface area contributed by atoms with E-state index < -0.39 is 0 Å². The number of nitrogens with one attached hydrogen (secondary N) is 1. The van der Waals surface area contributed by atoms with Gasteiger partial charge < -0.3 is 9.47 Å². The van der Waals surface area contributed by atoms with Gasteiger partial charge in [0, 0.05) is 6.42 Å². The summed E-state index contributed by atoms with van der Waals surface area (Å²) in [5, 5.41) is 1.71. The van der Waals surface area contributed by atoms with Crippen molar-refractivity contribution < 1.29 is 19.1 Å². The van der Waals surface area contributed by atoms with Gasteiger partial charge in [-0.1, -0.05) is 42.1 Å². The summed E-state index contributed by atoms with van der Waals surface area (Å²) in [5.74, 6) is 1.40. The number of rotatable bonds is 4. The molecule has 6 heteroatoms. The molecule has 2 atom stereocenters. The van der Waals surface area contributed by atoms with Crippen molar-refractivity contribution in [3.05, 3.63) is 59.7 Å². The second-order valence-corrected chi connectivity index (χ2v) is 7.22. The van der Waals surface area contributed by atoms with Crippen molar-refractivity contribution in [3.8, 4) is 11.5 Å². The summed E-state index contributed by atoms with van der Waals surface area (Å²) in [6.45, 7) is 0. The van der Waals surface area contributed by atoms with Gasteiger partial charge in [-0.2, -0.15) is 0 Å². The molecule has 5 nitrogen and oxygen atoms in total. The number of hydrogen-bond donors (Lipinski definition) is 1. The molecule has 0 aromatic heterocycles. The van der Waals surface area contributed by atoms with Crippen LogP contribution in [0.2, 0.25) is 0 Å². The van der Waals surface area contributed by atoms with Crippen LogP contribution in [0.4, 0.5) is 4.79 Å². The normalized spacial score (nSPS) is 22.1. The number of thioether (sulfide) groups is 1. The minimum absolute atomic E-state index is 0.208. The van der Waals surface area contributed by atoms with Crippen LogP contribution < -0.4 is 14.8 Å². The van der Waals surface area contributed by atoms with Crippen LogP contribution in [0, 0.1) is 0 Å². The highest BCUT2D eigenvalue weighted by Crippen LogP contribution is 2.31. The van der Waals surface area contributed by atoms with E-state index >= 15 is 0 Å². The van der Waals surface area contributed by atoms with E-state index in [9.17, 15) is 9.59 Å². The van der Waals surface area contributed by atoms with Crippen LogP contribution in [-0.4, -0.2) is 22.7 Å². The predicted octanol–water partition coefficient (Wildman–Crippen LogP) is 3.31. The molecule has 4 rings (SSSR count). The van der Waals surface area contributed by atoms with Gasteiger partial charge in [0.05, 0.1) is 5.25 Å². The van der Waals surface area contributed by atoms with Gasteiger partial charge in [-0.3, -0.25) is 14.9 Å². The van der Waals surface area contributed by atoms with E-state index in [4.69, 9.17) is 9.47 Å². The van der Waals surface area contributed by atoms with E-state index in [0.29, 0.717) is 6.42 Å². The maximum Gasteiger partial charge on any atom is 0.286 e. The van der Waals surface area contributed by atoms with Crippen LogP contribution in [0.15, 0.2) is 48.5 Å². The first-order chi connectivity index (χ1) is 12.2. The summed E-state index contributed by atoms with van der Waals surface area (Å²) >= 11 is 1.06. The van der Waals surface area contributed by atoms with Crippen LogP contribution in [0.1, 0.15) is 17.5 Å². The van der Waals surface area contributed by atoms with Crippen molar-refractivity contribution in [2.24, 2.45) is 0 Å². The molecule has 0 bridgehead atoms. The molecule has 128 valence electrons. The Morgan fingerprint density at radius 1 is 1.16 bits per heavy atom. The Bertz CT molecular complexity index is 808. The smallest absolute Gasteiger partial charge is 0.286 e. The molecule has 25 heavy (non-hydrogen) atoms. The first kappa shape index (κ1) is 16.0. The largest absolute Gasteiger partial charge is 0.455 e. The van der Waals surface area contributed by atoms with E-state index in [1.54, 1.807) is 0 Å². The molecule has 0 aliphatic carbocycles. The minimum Gasteiger partial charge on any atom is -0.455 e. The van der Waals surface area contributed by atoms with Crippen molar-refractivity contribution in [2.75, 3.05) is 0 Å². The number of benzene rings is 2. The lowest BCUT2D eigenvalue weighted by Crippen LogP contribution is -2.28. The summed E-state index contributed by atoms with van der Waals surface area (Å²) in [4.78, 5) is 23.0. The Morgan fingerprint density at radius 2 is 2.00 bits per heavy atom. The highest BCUT2D eigenvalue weighted by molar-refractivity contribution is 8.15. The van der Waals surface area contributed by atoms with Crippen molar-refractivity contribution >= 4 is 22.9 Å². The number of fused-ring (bicyclic) bond motifs is 1. The molecule has 1 fully saturated rings. The fraction of sp³-hybridized carbons (Fsp3) is 0.263. The average Bonchev–Trinajstić information content (AvgIpc) is 2.93. The van der Waals surface area contributed by atoms with Gasteiger partial charge in [0.25, 0.3) is 5.24 Å². The summed E-state index contributed by atoms with van der Waals surface area (Å²) in [5.41, 5.74) is 2.15. The Hall–Kier alpha value is -2.47. The van der Waals surface area contributed by atoms with Crippen LogP contribution in [0.25, 0.3) is 0 Å². The lowest BCUT2D eigenvalue weighted by molar-refractivity contribution is -0.118. The lowest BCUT2D eigenvalue weighted by atomic mass is 10.00. The Kier molecular flexibility index (Phi) is 4.36. The topological polar surface area (TPSA) is 64.6 Å². The number of imide groups is 1. The summed E-state index contributed by atoms with van der Waals surface area (Å²) in [6, 6.07) is 15.6. The fourth-order valence-corrected chi connectivity index (χ4v) is 3.88. The van der Waals surface area contributed by atoms with Crippen molar-refractivity contribution in [2.45, 2.75) is 30.8 Å². The molecule has 2 aromatic rings. The molecule has 2 aromatic carbocycles. The van der Waals surface area contributed by atoms with Crippen molar-refractivity contribution in [1.29, 1.82) is 0 Å². The molecule has 2 aliphatic heterocycles. The first-order valence-corrected chi connectivity index (χ1v) is 9.07. The molecule has 1 N–H and O–H groups in total. The second kappa shape index (κ2) is 6.80. The predicted molar refractivity (Wildman–Crippen MR) is 94.9 cm³/mol. The number of para-hydroxylation sites is 1. The molecular formula is C19H17NO4S. The van der Waals surface area contributed by atoms with Gasteiger partial charge in [0.15, 0.2) is 0 Å². The third kappa shape index (κ3) is 3.64. The SMILES string of the molecule is O=C1NC(=O)C(Cc2ccc3c(c2)CCC(Oc2ccccc2)O3)S1. The zero-order chi connectivity index (χ0) is 17.2. The zero-order valence-corrected chi connectivity index (χ0v) is 14.3. The molecule has 0 spiro atoms. The highest BCUT2D eigenvalue weighted by atomic mass is 32.2. The van der Waals surface area contributed by atoms with E-state index in [1.165, 1.54) is 0 Å². The molecule has 1 saturated heterocycles. The third-order valence-corrected chi connectivity index (χ3v) is 5.21. The molecular weight excluding hydrogens is 338 g/mol. The van der Waals surface area contributed by atoms with Gasteiger partial charge in [-0.05, 0) is 42.2 Å². The molecule has 0 saturated carbocycles. The minimum atomic E-state index is -0.343. The number of carbonyl (C=O) groups is 2. The standard InChI is InChI=1S/C19H17NO4S/c21-18-16(25-19(22)20-18)11-12-6-8-15-13(10-12)7-9-17(24-15)23-14-4-2-1-3-5-14/h1-6,8,10,16-17H,7,9,11H2,(H,20,21,22). The maximum absolute atomic E-state index is 11.7. The Morgan fingerprint density at radius 3 is 2.76 bits per heavy atom. The van der Waals surface area contributed by atoms with Crippen LogP contribution >= 0.6 is 11.8 Å². The van der Waals surface area contributed by atoms with E-state index in [-0.39, 0.29) is 22.7 Å². The monoisotopic (exact) mass is 355 g/mol. The maximum atomic E-state index is 11.7. The third-order valence-electron chi connectivity index (χ3n) is 4.23. The average molecular weight is 355 g/mol. The number of amides is 2. The van der Waals surface area contributed by atoms with Gasteiger partial charge in [0.1, 0.15) is 11.5 Å². The molecule has 2 unspecified atom stereocenters. The van der Waals surface area contributed by atoms with Gasteiger partial charge >= 0.3 is 0 Å². The van der Waals surface area contributed by atoms with E-state index in [0.717, 1.165) is 47.2 Å². The van der Waals surface area contributed by atoms with Crippen molar-refractivity contribution in [1.82, 2.24) is 5.32 Å². The number of carbonyl (C=O) groups excluding carboxylic acids is 2. The van der Waals surface area contributed by atoms with E-state index in [1.807, 2.05) is 42.5 Å². The lowest BCUT2D eigenvalue weighted by Gasteiger charge is -2.27. The molecule has 2 heterocycles. The Labute approximate surface area is 149 Å². The highest BCUT2D eigenvalue weighted by Gasteiger charge is 2.32. The van der Waals surface area contributed by atoms with Gasteiger partial charge in [-0.15, -0.1) is 0 Å². The first-order valence-electron chi connectivity index (χ1n) is 8.19. The summed E-state index contributed by atoms with van der Waals surface area (Å²) < 4.78 is 11.8. The fourth-order valence-electron chi connectivity index (χ4n) is 3.02. The molecule has 2 amide bonds. The summed E-state index contributed by atoms with van der Waals surface area (Å²) in [7, 11) is 0. The van der Waals surface area contributed by atoms with Crippen LogP contribution in [0.3, 0.4) is 0 Å². The zero-order valence-electron chi connectivity index (χ0n) is 13.4. The number of ether oxygens (including phenoxy) is 2. The van der Waals surface area contributed by atoms with Crippen LogP contribution in [0.5, 0.6) is 11.5 Å². The molecule has 0 radical (unpaired) electrons. The number of aryl methyl sites for hydroxylation is 1. The van der Waals surface area contributed by atoms with Crippen molar-refractivity contribution in [3.63, 3.8) is 0 Å². The quantitative estimate of drug-likeness (QED) is 0.911. The van der Waals surface area contributed by atoms with Gasteiger partial charge in [0.2, 0.25) is 12.2 Å².